The lowest BCUT2D eigenvalue weighted by Crippen LogP contribution is -2.15. The summed E-state index contributed by atoms with van der Waals surface area (Å²) < 4.78 is 37.7. The van der Waals surface area contributed by atoms with Gasteiger partial charge in [-0.05, 0) is 57.2 Å². The monoisotopic (exact) mass is 438 g/mol. The summed E-state index contributed by atoms with van der Waals surface area (Å²) in [6.07, 6.45) is 5.18. The van der Waals surface area contributed by atoms with Crippen LogP contribution in [0.4, 0.5) is 5.69 Å². The minimum atomic E-state index is -3.76. The molecule has 160 valence electrons. The normalized spacial score (nSPS) is 11.5. The highest BCUT2D eigenvalue weighted by molar-refractivity contribution is 7.92. The molecule has 0 unspecified atom stereocenters. The van der Waals surface area contributed by atoms with E-state index in [2.05, 4.69) is 19.8 Å². The minimum Gasteiger partial charge on any atom is -0.439 e. The molecular formula is C21H22N6O3S. The number of aryl methyl sites for hydroxylation is 2. The fraction of sp³-hybridized carbons (Fsp3) is 0.190. The van der Waals surface area contributed by atoms with Crippen LogP contribution < -0.4 is 9.46 Å². The van der Waals surface area contributed by atoms with E-state index in [4.69, 9.17) is 4.74 Å². The van der Waals surface area contributed by atoms with Crippen molar-refractivity contribution in [2.75, 3.05) is 4.72 Å². The molecule has 0 amide bonds. The van der Waals surface area contributed by atoms with Crippen molar-refractivity contribution >= 4 is 15.7 Å². The predicted octanol–water partition coefficient (Wildman–Crippen LogP) is 3.69. The van der Waals surface area contributed by atoms with Crippen LogP contribution >= 0.6 is 0 Å². The standard InChI is InChI=1S/C21H22N6O3S/c1-4-27-16(3)21(15(2)24-27)31(28,29)25-17-7-9-18(10-8-17)30-20-13-19(22-14-23-20)26-11-5-6-12-26/h5-14,25H,4H2,1-3H3. The van der Waals surface area contributed by atoms with Crippen LogP contribution in [0.15, 0.2) is 66.1 Å². The molecular weight excluding hydrogens is 416 g/mol. The van der Waals surface area contributed by atoms with Gasteiger partial charge < -0.3 is 9.30 Å². The van der Waals surface area contributed by atoms with Crippen molar-refractivity contribution in [2.45, 2.75) is 32.2 Å². The van der Waals surface area contributed by atoms with Gasteiger partial charge in [-0.25, -0.2) is 18.4 Å². The summed E-state index contributed by atoms with van der Waals surface area (Å²) in [4.78, 5) is 8.55. The quantitative estimate of drug-likeness (QED) is 0.472. The molecule has 10 heteroatoms. The van der Waals surface area contributed by atoms with Gasteiger partial charge in [0.1, 0.15) is 22.8 Å². The van der Waals surface area contributed by atoms with Gasteiger partial charge in [0.2, 0.25) is 5.88 Å². The maximum atomic E-state index is 12.9. The molecule has 4 aromatic rings. The molecule has 0 saturated heterocycles. The topological polar surface area (TPSA) is 104 Å². The SMILES string of the molecule is CCn1nc(C)c(S(=O)(=O)Nc2ccc(Oc3cc(-n4cccc4)ncn3)cc2)c1C. The molecule has 1 N–H and O–H groups in total. The van der Waals surface area contributed by atoms with Crippen molar-refractivity contribution in [3.05, 3.63) is 72.6 Å². The van der Waals surface area contributed by atoms with Crippen LogP contribution in [0.2, 0.25) is 0 Å². The van der Waals surface area contributed by atoms with Crippen LogP contribution in [0.1, 0.15) is 18.3 Å². The Morgan fingerprint density at radius 2 is 1.77 bits per heavy atom. The second kappa shape index (κ2) is 8.23. The van der Waals surface area contributed by atoms with Crippen molar-refractivity contribution in [2.24, 2.45) is 0 Å². The van der Waals surface area contributed by atoms with Gasteiger partial charge in [0, 0.05) is 30.7 Å². The summed E-state index contributed by atoms with van der Waals surface area (Å²) in [5.41, 5.74) is 1.50. The number of anilines is 1. The molecule has 3 heterocycles. The summed E-state index contributed by atoms with van der Waals surface area (Å²) in [5.74, 6) is 1.58. The van der Waals surface area contributed by atoms with Crippen molar-refractivity contribution in [3.8, 4) is 17.4 Å². The average Bonchev–Trinajstić information content (AvgIpc) is 3.37. The van der Waals surface area contributed by atoms with Crippen molar-refractivity contribution in [3.63, 3.8) is 0 Å². The highest BCUT2D eigenvalue weighted by Crippen LogP contribution is 2.26. The van der Waals surface area contributed by atoms with E-state index >= 15 is 0 Å². The van der Waals surface area contributed by atoms with Crippen LogP contribution in [0, 0.1) is 13.8 Å². The molecule has 3 aromatic heterocycles. The summed E-state index contributed by atoms with van der Waals surface area (Å²) >= 11 is 0. The van der Waals surface area contributed by atoms with Crippen LogP contribution in [0.3, 0.4) is 0 Å². The Kier molecular flexibility index (Phi) is 5.47. The summed E-state index contributed by atoms with van der Waals surface area (Å²) in [6.45, 7) is 5.96. The molecule has 9 nitrogen and oxygen atoms in total. The van der Waals surface area contributed by atoms with Crippen LogP contribution in [-0.4, -0.2) is 32.7 Å². The van der Waals surface area contributed by atoms with Gasteiger partial charge in [0.15, 0.2) is 0 Å². The predicted molar refractivity (Wildman–Crippen MR) is 116 cm³/mol. The van der Waals surface area contributed by atoms with Gasteiger partial charge in [-0.1, -0.05) is 0 Å². The zero-order valence-corrected chi connectivity index (χ0v) is 18.2. The number of aromatic nitrogens is 5. The number of hydrogen-bond donors (Lipinski definition) is 1. The molecule has 0 spiro atoms. The van der Waals surface area contributed by atoms with E-state index in [9.17, 15) is 8.42 Å². The molecule has 0 bridgehead atoms. The number of ether oxygens (including phenoxy) is 1. The maximum Gasteiger partial charge on any atom is 0.265 e. The fourth-order valence-corrected chi connectivity index (χ4v) is 4.78. The first-order valence-corrected chi connectivity index (χ1v) is 11.2. The summed E-state index contributed by atoms with van der Waals surface area (Å²) in [6, 6.07) is 12.1. The Labute approximate surface area is 180 Å². The molecule has 0 saturated carbocycles. The third kappa shape index (κ3) is 4.29. The van der Waals surface area contributed by atoms with Crippen LogP contribution in [-0.2, 0) is 16.6 Å². The zero-order valence-electron chi connectivity index (χ0n) is 17.3. The van der Waals surface area contributed by atoms with Crippen molar-refractivity contribution in [1.29, 1.82) is 0 Å². The lowest BCUT2D eigenvalue weighted by Gasteiger charge is -2.10. The van der Waals surface area contributed by atoms with E-state index in [1.165, 1.54) is 6.33 Å². The third-order valence-corrected chi connectivity index (χ3v) is 6.34. The summed E-state index contributed by atoms with van der Waals surface area (Å²) in [5, 5.41) is 4.29. The number of nitrogens with zero attached hydrogens (tertiary/aromatic N) is 5. The first-order chi connectivity index (χ1) is 14.9. The van der Waals surface area contributed by atoms with E-state index in [-0.39, 0.29) is 4.90 Å². The number of rotatable bonds is 7. The van der Waals surface area contributed by atoms with Crippen molar-refractivity contribution in [1.82, 2.24) is 24.3 Å². The van der Waals surface area contributed by atoms with Crippen LogP contribution in [0.5, 0.6) is 11.6 Å². The molecule has 0 aliphatic rings. The third-order valence-electron chi connectivity index (χ3n) is 4.71. The molecule has 0 aliphatic heterocycles. The van der Waals surface area contributed by atoms with Crippen LogP contribution in [0.25, 0.3) is 5.82 Å². The minimum absolute atomic E-state index is 0.202. The number of benzene rings is 1. The van der Waals surface area contributed by atoms with Gasteiger partial charge in [0.05, 0.1) is 11.4 Å². The van der Waals surface area contributed by atoms with Gasteiger partial charge in [-0.3, -0.25) is 9.40 Å². The number of nitrogens with one attached hydrogen (secondary N) is 1. The number of sulfonamides is 1. The van der Waals surface area contributed by atoms with E-state index in [1.54, 1.807) is 48.9 Å². The Balaban J connectivity index is 1.50. The van der Waals surface area contributed by atoms with E-state index in [1.807, 2.05) is 36.0 Å². The number of hydrogen-bond acceptors (Lipinski definition) is 6. The maximum absolute atomic E-state index is 12.9. The van der Waals surface area contributed by atoms with Gasteiger partial charge in [-0.15, -0.1) is 0 Å². The zero-order chi connectivity index (χ0) is 22.0. The molecule has 0 aliphatic carbocycles. The molecule has 4 rings (SSSR count). The molecule has 0 radical (unpaired) electrons. The molecule has 0 fully saturated rings. The lowest BCUT2D eigenvalue weighted by atomic mass is 10.3. The first-order valence-electron chi connectivity index (χ1n) is 9.67. The van der Waals surface area contributed by atoms with Crippen molar-refractivity contribution < 1.29 is 13.2 Å². The fourth-order valence-electron chi connectivity index (χ4n) is 3.31. The Morgan fingerprint density at radius 3 is 2.42 bits per heavy atom. The highest BCUT2D eigenvalue weighted by atomic mass is 32.2. The first kappa shape index (κ1) is 20.6. The molecule has 0 atom stereocenters. The van der Waals surface area contributed by atoms with Gasteiger partial charge in [0.25, 0.3) is 10.0 Å². The smallest absolute Gasteiger partial charge is 0.265 e. The summed E-state index contributed by atoms with van der Waals surface area (Å²) in [7, 11) is -3.76. The Bertz CT molecular complexity index is 1300. The largest absolute Gasteiger partial charge is 0.439 e. The van der Waals surface area contributed by atoms with E-state index < -0.39 is 10.0 Å². The Hall–Kier alpha value is -3.66. The Morgan fingerprint density at radius 1 is 1.06 bits per heavy atom. The van der Waals surface area contributed by atoms with E-state index in [0.717, 1.165) is 0 Å². The highest BCUT2D eigenvalue weighted by Gasteiger charge is 2.24. The molecule has 1 aromatic carbocycles. The molecule has 31 heavy (non-hydrogen) atoms. The van der Waals surface area contributed by atoms with Gasteiger partial charge in [-0.2, -0.15) is 5.10 Å². The second-order valence-electron chi connectivity index (χ2n) is 6.85. The van der Waals surface area contributed by atoms with E-state index in [0.29, 0.717) is 41.1 Å². The van der Waals surface area contributed by atoms with Gasteiger partial charge >= 0.3 is 0 Å². The lowest BCUT2D eigenvalue weighted by molar-refractivity contribution is 0.461. The average molecular weight is 439 g/mol. The second-order valence-corrected chi connectivity index (χ2v) is 8.47.